The van der Waals surface area contributed by atoms with Crippen molar-refractivity contribution >= 4 is 5.97 Å². The summed E-state index contributed by atoms with van der Waals surface area (Å²) in [6, 6.07) is 5.07. The standard InChI is InChI=1S/C11H15NO4/c1-2-16-11(15)10(14)7-9(13)8-5-3-4-6-12-8/h3-6,9-10,13-14H,2,7H2,1H3. The molecule has 0 aliphatic rings. The summed E-state index contributed by atoms with van der Waals surface area (Å²) in [7, 11) is 0. The number of carbonyl (C=O) groups excluding carboxylic acids is 1. The predicted molar refractivity (Wildman–Crippen MR) is 56.5 cm³/mol. The third-order valence-corrected chi connectivity index (χ3v) is 2.03. The molecule has 0 aliphatic carbocycles. The van der Waals surface area contributed by atoms with Gasteiger partial charge in [0, 0.05) is 12.6 Å². The molecule has 0 aromatic carbocycles. The van der Waals surface area contributed by atoms with Crippen LogP contribution in [0.2, 0.25) is 0 Å². The summed E-state index contributed by atoms with van der Waals surface area (Å²) >= 11 is 0. The van der Waals surface area contributed by atoms with E-state index < -0.39 is 18.2 Å². The molecule has 0 amide bonds. The van der Waals surface area contributed by atoms with E-state index in [0.717, 1.165) is 0 Å². The maximum atomic E-state index is 11.1. The number of esters is 1. The minimum Gasteiger partial charge on any atom is -0.464 e. The first-order valence-corrected chi connectivity index (χ1v) is 5.08. The highest BCUT2D eigenvalue weighted by atomic mass is 16.5. The summed E-state index contributed by atoms with van der Waals surface area (Å²) in [6.45, 7) is 1.86. The van der Waals surface area contributed by atoms with Crippen molar-refractivity contribution in [2.45, 2.75) is 25.6 Å². The summed E-state index contributed by atoms with van der Waals surface area (Å²) in [5.41, 5.74) is 0.422. The van der Waals surface area contributed by atoms with Crippen LogP contribution in [0.1, 0.15) is 25.1 Å². The molecule has 88 valence electrons. The summed E-state index contributed by atoms with van der Waals surface area (Å²) in [5.74, 6) is -0.725. The summed E-state index contributed by atoms with van der Waals surface area (Å²) in [5, 5.41) is 19.1. The van der Waals surface area contributed by atoms with Crippen LogP contribution in [0.15, 0.2) is 24.4 Å². The Morgan fingerprint density at radius 3 is 2.81 bits per heavy atom. The molecule has 0 fully saturated rings. The number of ether oxygens (including phenoxy) is 1. The molecule has 0 saturated carbocycles. The van der Waals surface area contributed by atoms with Crippen molar-refractivity contribution in [1.29, 1.82) is 0 Å². The first kappa shape index (κ1) is 12.6. The highest BCUT2D eigenvalue weighted by molar-refractivity contribution is 5.74. The second-order valence-corrected chi connectivity index (χ2v) is 3.27. The Balaban J connectivity index is 2.51. The molecule has 0 radical (unpaired) electrons. The van der Waals surface area contributed by atoms with E-state index in [9.17, 15) is 15.0 Å². The molecule has 2 N–H and O–H groups in total. The van der Waals surface area contributed by atoms with Gasteiger partial charge in [0.2, 0.25) is 0 Å². The molecule has 2 unspecified atom stereocenters. The first-order chi connectivity index (χ1) is 7.65. The van der Waals surface area contributed by atoms with Crippen LogP contribution in [0.25, 0.3) is 0 Å². The largest absolute Gasteiger partial charge is 0.464 e. The maximum absolute atomic E-state index is 11.1. The molecule has 1 aromatic rings. The van der Waals surface area contributed by atoms with Gasteiger partial charge < -0.3 is 14.9 Å². The van der Waals surface area contributed by atoms with E-state index in [4.69, 9.17) is 0 Å². The molecule has 1 heterocycles. The number of aliphatic hydroxyl groups is 2. The van der Waals surface area contributed by atoms with Crippen LogP contribution in [-0.2, 0) is 9.53 Å². The topological polar surface area (TPSA) is 79.7 Å². The van der Waals surface area contributed by atoms with Gasteiger partial charge in [0.25, 0.3) is 0 Å². The van der Waals surface area contributed by atoms with Gasteiger partial charge in [0.05, 0.1) is 18.4 Å². The molecule has 0 bridgehead atoms. The van der Waals surface area contributed by atoms with Crippen LogP contribution >= 0.6 is 0 Å². The lowest BCUT2D eigenvalue weighted by atomic mass is 10.1. The van der Waals surface area contributed by atoms with E-state index in [1.54, 1.807) is 25.1 Å². The molecule has 0 saturated heterocycles. The van der Waals surface area contributed by atoms with Crippen LogP contribution in [0, 0.1) is 0 Å². The number of carbonyl (C=O) groups is 1. The molecule has 5 heteroatoms. The Hall–Kier alpha value is -1.46. The number of hydrogen-bond acceptors (Lipinski definition) is 5. The van der Waals surface area contributed by atoms with Gasteiger partial charge in [-0.3, -0.25) is 4.98 Å². The Labute approximate surface area is 93.7 Å². The van der Waals surface area contributed by atoms with Gasteiger partial charge in [0.1, 0.15) is 0 Å². The van der Waals surface area contributed by atoms with Crippen molar-refractivity contribution < 1.29 is 19.7 Å². The van der Waals surface area contributed by atoms with E-state index in [0.29, 0.717) is 5.69 Å². The molecule has 1 rings (SSSR count). The van der Waals surface area contributed by atoms with Crippen molar-refractivity contribution in [3.8, 4) is 0 Å². The Bertz CT molecular complexity index is 328. The molecule has 1 aromatic heterocycles. The van der Waals surface area contributed by atoms with E-state index >= 15 is 0 Å². The molecule has 0 spiro atoms. The van der Waals surface area contributed by atoms with Gasteiger partial charge in [-0.1, -0.05) is 6.07 Å². The minimum absolute atomic E-state index is 0.115. The lowest BCUT2D eigenvalue weighted by molar-refractivity contribution is -0.154. The average Bonchev–Trinajstić information content (AvgIpc) is 2.30. The van der Waals surface area contributed by atoms with Crippen LogP contribution in [0.4, 0.5) is 0 Å². The lowest BCUT2D eigenvalue weighted by Gasteiger charge is -2.13. The van der Waals surface area contributed by atoms with Gasteiger partial charge >= 0.3 is 5.97 Å². The van der Waals surface area contributed by atoms with E-state index in [-0.39, 0.29) is 13.0 Å². The SMILES string of the molecule is CCOC(=O)C(O)CC(O)c1ccccn1. The van der Waals surface area contributed by atoms with Crippen molar-refractivity contribution in [2.24, 2.45) is 0 Å². The van der Waals surface area contributed by atoms with E-state index in [1.165, 1.54) is 6.20 Å². The smallest absolute Gasteiger partial charge is 0.335 e. The normalized spacial score (nSPS) is 14.2. The quantitative estimate of drug-likeness (QED) is 0.710. The van der Waals surface area contributed by atoms with Crippen LogP contribution in [0.3, 0.4) is 0 Å². The fourth-order valence-electron chi connectivity index (χ4n) is 1.24. The molecule has 2 atom stereocenters. The number of aromatic nitrogens is 1. The summed E-state index contributed by atoms with van der Waals surface area (Å²) in [6.07, 6.45) is -0.872. The van der Waals surface area contributed by atoms with Gasteiger partial charge in [0.15, 0.2) is 6.10 Å². The van der Waals surface area contributed by atoms with Gasteiger partial charge in [-0.05, 0) is 19.1 Å². The molecular weight excluding hydrogens is 210 g/mol. The Morgan fingerprint density at radius 1 is 1.50 bits per heavy atom. The van der Waals surface area contributed by atoms with Crippen molar-refractivity contribution in [3.63, 3.8) is 0 Å². The highest BCUT2D eigenvalue weighted by Gasteiger charge is 2.21. The van der Waals surface area contributed by atoms with E-state index in [2.05, 4.69) is 9.72 Å². The number of pyridine rings is 1. The van der Waals surface area contributed by atoms with Crippen LogP contribution in [0.5, 0.6) is 0 Å². The molecule has 16 heavy (non-hydrogen) atoms. The Kier molecular flexibility index (Phi) is 4.88. The molecule has 5 nitrogen and oxygen atoms in total. The summed E-state index contributed by atoms with van der Waals surface area (Å²) in [4.78, 5) is 15.0. The monoisotopic (exact) mass is 225 g/mol. The van der Waals surface area contributed by atoms with Crippen LogP contribution in [-0.4, -0.2) is 33.9 Å². The van der Waals surface area contributed by atoms with Gasteiger partial charge in [-0.25, -0.2) is 4.79 Å². The van der Waals surface area contributed by atoms with Gasteiger partial charge in [-0.2, -0.15) is 0 Å². The fraction of sp³-hybridized carbons (Fsp3) is 0.455. The van der Waals surface area contributed by atoms with Gasteiger partial charge in [-0.15, -0.1) is 0 Å². The Morgan fingerprint density at radius 2 is 2.25 bits per heavy atom. The molecular formula is C11H15NO4. The maximum Gasteiger partial charge on any atom is 0.335 e. The highest BCUT2D eigenvalue weighted by Crippen LogP contribution is 2.16. The lowest BCUT2D eigenvalue weighted by Crippen LogP contribution is -2.25. The number of rotatable bonds is 5. The zero-order chi connectivity index (χ0) is 12.0. The number of nitrogens with zero attached hydrogens (tertiary/aromatic N) is 1. The van der Waals surface area contributed by atoms with Crippen molar-refractivity contribution in [3.05, 3.63) is 30.1 Å². The predicted octanol–water partition coefficient (Wildman–Crippen LogP) is 0.429. The van der Waals surface area contributed by atoms with Crippen LogP contribution < -0.4 is 0 Å². The van der Waals surface area contributed by atoms with E-state index in [1.807, 2.05) is 0 Å². The zero-order valence-corrected chi connectivity index (χ0v) is 9.04. The third kappa shape index (κ3) is 3.60. The first-order valence-electron chi connectivity index (χ1n) is 5.08. The summed E-state index contributed by atoms with van der Waals surface area (Å²) < 4.78 is 4.62. The van der Waals surface area contributed by atoms with Crippen molar-refractivity contribution in [1.82, 2.24) is 4.98 Å². The zero-order valence-electron chi connectivity index (χ0n) is 9.04. The van der Waals surface area contributed by atoms with Crippen molar-refractivity contribution in [2.75, 3.05) is 6.61 Å². The second kappa shape index (κ2) is 6.19. The minimum atomic E-state index is -1.32. The average molecular weight is 225 g/mol. The molecule has 0 aliphatic heterocycles. The fourth-order valence-corrected chi connectivity index (χ4v) is 1.24. The third-order valence-electron chi connectivity index (χ3n) is 2.03. The number of aliphatic hydroxyl groups excluding tert-OH is 2. The second-order valence-electron chi connectivity index (χ2n) is 3.27. The number of hydrogen-bond donors (Lipinski definition) is 2.